The number of pyridine rings is 1. The van der Waals surface area contributed by atoms with Crippen molar-refractivity contribution in [3.05, 3.63) is 47.0 Å². The molecule has 0 aliphatic heterocycles. The molecule has 0 bridgehead atoms. The summed E-state index contributed by atoms with van der Waals surface area (Å²) in [7, 11) is 0. The lowest BCUT2D eigenvalue weighted by atomic mass is 10.2. The van der Waals surface area contributed by atoms with Gasteiger partial charge < -0.3 is 0 Å². The first-order chi connectivity index (χ1) is 5.86. The lowest BCUT2D eigenvalue weighted by molar-refractivity contribution is 1.17. The fourth-order valence-electron chi connectivity index (χ4n) is 1.18. The lowest BCUT2D eigenvalue weighted by Gasteiger charge is -1.99. The zero-order chi connectivity index (χ0) is 8.39. The summed E-state index contributed by atoms with van der Waals surface area (Å²) in [4.78, 5) is 4.40. The van der Waals surface area contributed by atoms with E-state index >= 15 is 0 Å². The Labute approximate surface area is 71.8 Å². The van der Waals surface area contributed by atoms with Gasteiger partial charge in [0.25, 0.3) is 0 Å². The number of aryl methyl sites for hydroxylation is 1. The third-order valence-electron chi connectivity index (χ3n) is 1.78. The molecule has 0 N–H and O–H groups in total. The predicted molar refractivity (Wildman–Crippen MR) is 50.6 cm³/mol. The van der Waals surface area contributed by atoms with E-state index in [-0.39, 0.29) is 0 Å². The van der Waals surface area contributed by atoms with Crippen LogP contribution in [-0.2, 0) is 0 Å². The standard InChI is InChI=1S/C11H9N/c1-9-7-8-10-5-3-2-4-6-11(10)12-9/h2,4-8H,1H3. The molecule has 0 saturated heterocycles. The Hall–Kier alpha value is -1.59. The minimum atomic E-state index is 1.02. The molecule has 0 radical (unpaired) electrons. The van der Waals surface area contributed by atoms with Crippen LogP contribution < -0.4 is 0 Å². The summed E-state index contributed by atoms with van der Waals surface area (Å²) in [5, 5.41) is 0. The molecule has 58 valence electrons. The van der Waals surface area contributed by atoms with E-state index in [9.17, 15) is 0 Å². The van der Waals surface area contributed by atoms with E-state index in [1.165, 1.54) is 0 Å². The number of nitrogens with zero attached hydrogens (tertiary/aromatic N) is 1. The molecule has 0 saturated carbocycles. The molecule has 0 atom stereocenters. The third kappa shape index (κ3) is 1.23. The van der Waals surface area contributed by atoms with Gasteiger partial charge in [0.15, 0.2) is 0 Å². The number of fused-ring (bicyclic) bond motifs is 1. The molecule has 1 heterocycles. The van der Waals surface area contributed by atoms with Crippen LogP contribution in [0.2, 0.25) is 0 Å². The maximum absolute atomic E-state index is 4.40. The van der Waals surface area contributed by atoms with Crippen LogP contribution in [0.5, 0.6) is 0 Å². The lowest BCUT2D eigenvalue weighted by Crippen LogP contribution is -1.88. The molecule has 12 heavy (non-hydrogen) atoms. The van der Waals surface area contributed by atoms with E-state index in [1.54, 1.807) is 0 Å². The van der Waals surface area contributed by atoms with E-state index in [4.69, 9.17) is 0 Å². The molecular formula is C11H9N. The second-order valence-electron chi connectivity index (χ2n) is 2.76. The van der Waals surface area contributed by atoms with Gasteiger partial charge in [-0.25, -0.2) is 0 Å². The molecule has 1 aliphatic carbocycles. The quantitative estimate of drug-likeness (QED) is 0.525. The minimum absolute atomic E-state index is 1.02. The normalized spacial score (nSPS) is 12.8. The Morgan fingerprint density at radius 1 is 1.33 bits per heavy atom. The molecule has 1 heteroatoms. The van der Waals surface area contributed by atoms with Gasteiger partial charge in [0.05, 0.1) is 5.69 Å². The van der Waals surface area contributed by atoms with Gasteiger partial charge >= 0.3 is 0 Å². The molecule has 1 aromatic heterocycles. The molecule has 1 nitrogen and oxygen atoms in total. The van der Waals surface area contributed by atoms with Gasteiger partial charge in [-0.05, 0) is 31.2 Å². The molecular weight excluding hydrogens is 146 g/mol. The number of hydrogen-bond acceptors (Lipinski definition) is 1. The molecule has 1 aliphatic rings. The summed E-state index contributed by atoms with van der Waals surface area (Å²) >= 11 is 0. The topological polar surface area (TPSA) is 12.9 Å². The Kier molecular flexibility index (Phi) is 1.65. The van der Waals surface area contributed by atoms with Gasteiger partial charge in [-0.3, -0.25) is 4.98 Å². The highest BCUT2D eigenvalue weighted by atomic mass is 14.7. The number of rotatable bonds is 0. The maximum Gasteiger partial charge on any atom is 0.0711 e. The van der Waals surface area contributed by atoms with Crippen molar-refractivity contribution in [2.45, 2.75) is 6.92 Å². The Bertz CT molecular complexity index is 393. The zero-order valence-electron chi connectivity index (χ0n) is 6.91. The molecule has 2 rings (SSSR count). The third-order valence-corrected chi connectivity index (χ3v) is 1.78. The van der Waals surface area contributed by atoms with Crippen molar-refractivity contribution in [1.82, 2.24) is 4.98 Å². The van der Waals surface area contributed by atoms with Gasteiger partial charge in [0.1, 0.15) is 0 Å². The van der Waals surface area contributed by atoms with Crippen molar-refractivity contribution >= 4 is 12.2 Å². The zero-order valence-corrected chi connectivity index (χ0v) is 6.91. The first-order valence-electron chi connectivity index (χ1n) is 3.93. The van der Waals surface area contributed by atoms with Crippen LogP contribution in [-0.4, -0.2) is 4.98 Å². The minimum Gasteiger partial charge on any atom is -0.253 e. The van der Waals surface area contributed by atoms with Crippen molar-refractivity contribution in [1.29, 1.82) is 0 Å². The molecule has 0 fully saturated rings. The summed E-state index contributed by atoms with van der Waals surface area (Å²) in [5.74, 6) is 0. The second-order valence-corrected chi connectivity index (χ2v) is 2.76. The molecule has 0 spiro atoms. The summed E-state index contributed by atoms with van der Waals surface area (Å²) in [6, 6.07) is 4.07. The number of allylic oxidation sites excluding steroid dienone is 2. The summed E-state index contributed by atoms with van der Waals surface area (Å²) in [5.41, 5.74) is 6.25. The highest BCUT2D eigenvalue weighted by molar-refractivity contribution is 5.65. The highest BCUT2D eigenvalue weighted by Gasteiger charge is 1.98. The van der Waals surface area contributed by atoms with E-state index < -0.39 is 0 Å². The monoisotopic (exact) mass is 155 g/mol. The summed E-state index contributed by atoms with van der Waals surface area (Å²) in [6.07, 6.45) is 7.78. The van der Waals surface area contributed by atoms with Crippen molar-refractivity contribution in [3.8, 4) is 0 Å². The van der Waals surface area contributed by atoms with E-state index in [2.05, 4.69) is 16.8 Å². The van der Waals surface area contributed by atoms with Crippen LogP contribution in [0.25, 0.3) is 12.2 Å². The number of aromatic nitrogens is 1. The van der Waals surface area contributed by atoms with Crippen molar-refractivity contribution in [2.24, 2.45) is 0 Å². The first-order valence-corrected chi connectivity index (χ1v) is 3.93. The van der Waals surface area contributed by atoms with Gasteiger partial charge in [-0.2, -0.15) is 0 Å². The van der Waals surface area contributed by atoms with Crippen molar-refractivity contribution in [3.63, 3.8) is 0 Å². The van der Waals surface area contributed by atoms with Crippen LogP contribution in [0.4, 0.5) is 0 Å². The fourth-order valence-corrected chi connectivity index (χ4v) is 1.18. The maximum atomic E-state index is 4.40. The van der Waals surface area contributed by atoms with Gasteiger partial charge in [-0.1, -0.05) is 12.1 Å². The van der Waals surface area contributed by atoms with Crippen LogP contribution in [0.15, 0.2) is 30.0 Å². The van der Waals surface area contributed by atoms with Gasteiger partial charge in [0, 0.05) is 11.3 Å². The highest BCUT2D eigenvalue weighted by Crippen LogP contribution is 2.12. The predicted octanol–water partition coefficient (Wildman–Crippen LogP) is 2.59. The average molecular weight is 155 g/mol. The molecule has 0 aromatic carbocycles. The van der Waals surface area contributed by atoms with Gasteiger partial charge in [-0.15, -0.1) is 5.73 Å². The SMILES string of the molecule is Cc1ccc2c(n1)C=CC=C=C2. The van der Waals surface area contributed by atoms with Gasteiger partial charge in [0.2, 0.25) is 0 Å². The smallest absolute Gasteiger partial charge is 0.0711 e. The van der Waals surface area contributed by atoms with Crippen LogP contribution in [0.3, 0.4) is 0 Å². The molecule has 1 aromatic rings. The molecule has 0 amide bonds. The van der Waals surface area contributed by atoms with Crippen LogP contribution >= 0.6 is 0 Å². The van der Waals surface area contributed by atoms with Crippen LogP contribution in [0.1, 0.15) is 17.0 Å². The second kappa shape index (κ2) is 2.80. The summed E-state index contributed by atoms with van der Waals surface area (Å²) < 4.78 is 0. The van der Waals surface area contributed by atoms with Crippen molar-refractivity contribution in [2.75, 3.05) is 0 Å². The first kappa shape index (κ1) is 7.08. The Morgan fingerprint density at radius 3 is 3.17 bits per heavy atom. The van der Waals surface area contributed by atoms with Crippen molar-refractivity contribution < 1.29 is 0 Å². The molecule has 0 unspecified atom stereocenters. The van der Waals surface area contributed by atoms with E-state index in [0.717, 1.165) is 17.0 Å². The van der Waals surface area contributed by atoms with E-state index in [1.807, 2.05) is 37.3 Å². The average Bonchev–Trinajstić information content (AvgIpc) is 2.28. The largest absolute Gasteiger partial charge is 0.253 e. The van der Waals surface area contributed by atoms with Crippen LogP contribution in [0, 0.1) is 6.92 Å². The Balaban J connectivity index is 2.65. The fraction of sp³-hybridized carbons (Fsp3) is 0.0909. The van der Waals surface area contributed by atoms with E-state index in [0.29, 0.717) is 0 Å². The Morgan fingerprint density at radius 2 is 2.25 bits per heavy atom. The summed E-state index contributed by atoms with van der Waals surface area (Å²) in [6.45, 7) is 2.00. The number of hydrogen-bond donors (Lipinski definition) is 0.